The van der Waals surface area contributed by atoms with Crippen LogP contribution in [-0.2, 0) is 10.8 Å². The minimum Gasteiger partial charge on any atom is -0.310 e. The van der Waals surface area contributed by atoms with Gasteiger partial charge < -0.3 is 9.47 Å². The maximum atomic E-state index is 2.45. The number of anilines is 3. The molecule has 0 atom stereocenters. The van der Waals surface area contributed by atoms with Gasteiger partial charge in [-0.3, -0.25) is 0 Å². The lowest BCUT2D eigenvalue weighted by Gasteiger charge is -2.26. The highest BCUT2D eigenvalue weighted by atomic mass is 15.1. The molecule has 0 aliphatic heterocycles. The molecule has 1 heterocycles. The molecule has 0 fully saturated rings. The summed E-state index contributed by atoms with van der Waals surface area (Å²) in [5.41, 5.74) is 16.3. The molecule has 1 aliphatic carbocycles. The fraction of sp³-hybridized carbons (Fsp3) is 0.143. The van der Waals surface area contributed by atoms with Crippen molar-refractivity contribution in [3.8, 4) is 27.9 Å². The Balaban J connectivity index is 1.18. The zero-order valence-corrected chi connectivity index (χ0v) is 30.0. The van der Waals surface area contributed by atoms with E-state index in [1.54, 1.807) is 0 Å². The summed E-state index contributed by atoms with van der Waals surface area (Å²) in [5.74, 6) is 0. The standard InChI is InChI=1S/C49H42N2/c1-48(2,3)35-22-27-40-41-28-25-39(32-45(41)49(4,5)44(40)30-35)51-46-19-13-12-18-42(46)43-31-38(26-29-47(43)51)50(36-16-10-7-11-17-36)37-23-20-34(21-24-37)33-14-8-6-9-15-33/h6-32H,1-5H3. The number of nitrogens with zero attached hydrogens (tertiary/aromatic N) is 2. The highest BCUT2D eigenvalue weighted by Gasteiger charge is 2.36. The van der Waals surface area contributed by atoms with Crippen LogP contribution in [0.25, 0.3) is 49.7 Å². The Morgan fingerprint density at radius 1 is 0.471 bits per heavy atom. The summed E-state index contributed by atoms with van der Waals surface area (Å²) in [6.45, 7) is 11.7. The summed E-state index contributed by atoms with van der Waals surface area (Å²) < 4.78 is 2.45. The number of benzene rings is 7. The van der Waals surface area contributed by atoms with Crippen molar-refractivity contribution in [1.29, 1.82) is 0 Å². The van der Waals surface area contributed by atoms with Crippen LogP contribution < -0.4 is 4.90 Å². The van der Waals surface area contributed by atoms with E-state index in [1.165, 1.54) is 66.4 Å². The van der Waals surface area contributed by atoms with Crippen LogP contribution in [0.1, 0.15) is 51.3 Å². The quantitative estimate of drug-likeness (QED) is 0.179. The molecule has 9 rings (SSSR count). The largest absolute Gasteiger partial charge is 0.310 e. The molecule has 248 valence electrons. The molecule has 0 bridgehead atoms. The molecule has 0 radical (unpaired) electrons. The Labute approximate surface area is 301 Å². The summed E-state index contributed by atoms with van der Waals surface area (Å²) in [6, 6.07) is 60.2. The average Bonchev–Trinajstić information content (AvgIpc) is 3.60. The van der Waals surface area contributed by atoms with Gasteiger partial charge in [0.15, 0.2) is 0 Å². The SMILES string of the molecule is CC(C)(C)c1ccc2c(c1)C(C)(C)c1cc(-n3c4ccccc4c4cc(N(c5ccccc5)c5ccc(-c6ccccc6)cc5)ccc43)ccc1-2. The molecule has 1 aromatic heterocycles. The first-order chi connectivity index (χ1) is 24.7. The number of rotatable bonds is 5. The van der Waals surface area contributed by atoms with Crippen molar-refractivity contribution < 1.29 is 0 Å². The molecule has 7 aromatic carbocycles. The van der Waals surface area contributed by atoms with Crippen molar-refractivity contribution in [2.24, 2.45) is 0 Å². The van der Waals surface area contributed by atoms with E-state index in [1.807, 2.05) is 0 Å². The maximum absolute atomic E-state index is 2.45. The van der Waals surface area contributed by atoms with Crippen molar-refractivity contribution >= 4 is 38.9 Å². The summed E-state index contributed by atoms with van der Waals surface area (Å²) in [4.78, 5) is 2.36. The van der Waals surface area contributed by atoms with Gasteiger partial charge in [0.1, 0.15) is 0 Å². The molecule has 0 saturated heterocycles. The second kappa shape index (κ2) is 11.6. The third-order valence-electron chi connectivity index (χ3n) is 10.9. The van der Waals surface area contributed by atoms with Crippen molar-refractivity contribution in [2.45, 2.75) is 45.4 Å². The van der Waals surface area contributed by atoms with E-state index in [2.05, 4.69) is 208 Å². The number of hydrogen-bond donors (Lipinski definition) is 0. The van der Waals surface area contributed by atoms with Gasteiger partial charge in [-0.1, -0.05) is 138 Å². The Bertz CT molecular complexity index is 2570. The minimum absolute atomic E-state index is 0.0971. The van der Waals surface area contributed by atoms with Gasteiger partial charge in [-0.05, 0) is 105 Å². The van der Waals surface area contributed by atoms with Gasteiger partial charge in [0, 0.05) is 38.9 Å². The van der Waals surface area contributed by atoms with Gasteiger partial charge in [0.2, 0.25) is 0 Å². The fourth-order valence-corrected chi connectivity index (χ4v) is 8.17. The molecule has 0 unspecified atom stereocenters. The van der Waals surface area contributed by atoms with E-state index >= 15 is 0 Å². The van der Waals surface area contributed by atoms with E-state index in [-0.39, 0.29) is 10.8 Å². The van der Waals surface area contributed by atoms with Crippen LogP contribution in [-0.4, -0.2) is 4.57 Å². The molecular weight excluding hydrogens is 617 g/mol. The normalized spacial score (nSPS) is 13.4. The molecule has 2 nitrogen and oxygen atoms in total. The monoisotopic (exact) mass is 658 g/mol. The average molecular weight is 659 g/mol. The van der Waals surface area contributed by atoms with Crippen LogP contribution in [0.2, 0.25) is 0 Å². The van der Waals surface area contributed by atoms with Gasteiger partial charge in [0.05, 0.1) is 11.0 Å². The summed E-state index contributed by atoms with van der Waals surface area (Å²) in [6.07, 6.45) is 0. The first kappa shape index (κ1) is 31.1. The van der Waals surface area contributed by atoms with Gasteiger partial charge in [-0.25, -0.2) is 0 Å². The zero-order chi connectivity index (χ0) is 34.9. The minimum atomic E-state index is -0.0971. The van der Waals surface area contributed by atoms with Crippen molar-refractivity contribution in [1.82, 2.24) is 4.57 Å². The van der Waals surface area contributed by atoms with Crippen molar-refractivity contribution in [3.63, 3.8) is 0 Å². The fourth-order valence-electron chi connectivity index (χ4n) is 8.17. The summed E-state index contributed by atoms with van der Waals surface area (Å²) in [5, 5.41) is 2.49. The topological polar surface area (TPSA) is 8.17 Å². The third-order valence-corrected chi connectivity index (χ3v) is 10.9. The molecular formula is C49H42N2. The van der Waals surface area contributed by atoms with E-state index < -0.39 is 0 Å². The zero-order valence-electron chi connectivity index (χ0n) is 30.0. The van der Waals surface area contributed by atoms with Gasteiger partial charge >= 0.3 is 0 Å². The van der Waals surface area contributed by atoms with Gasteiger partial charge in [-0.2, -0.15) is 0 Å². The molecule has 0 amide bonds. The third kappa shape index (κ3) is 5.09. The number of aromatic nitrogens is 1. The lowest BCUT2D eigenvalue weighted by Crippen LogP contribution is -2.18. The predicted octanol–water partition coefficient (Wildman–Crippen LogP) is 13.5. The van der Waals surface area contributed by atoms with Crippen LogP contribution >= 0.6 is 0 Å². The van der Waals surface area contributed by atoms with E-state index in [4.69, 9.17) is 0 Å². The van der Waals surface area contributed by atoms with Crippen LogP contribution in [0.5, 0.6) is 0 Å². The van der Waals surface area contributed by atoms with Crippen molar-refractivity contribution in [2.75, 3.05) is 4.90 Å². The number of para-hydroxylation sites is 2. The number of hydrogen-bond acceptors (Lipinski definition) is 1. The smallest absolute Gasteiger partial charge is 0.0542 e. The van der Waals surface area contributed by atoms with Crippen LogP contribution in [0.4, 0.5) is 17.1 Å². The first-order valence-corrected chi connectivity index (χ1v) is 18.0. The van der Waals surface area contributed by atoms with Crippen LogP contribution in [0.15, 0.2) is 164 Å². The second-order valence-electron chi connectivity index (χ2n) is 15.5. The van der Waals surface area contributed by atoms with E-state index in [9.17, 15) is 0 Å². The summed E-state index contributed by atoms with van der Waals surface area (Å²) >= 11 is 0. The molecule has 0 N–H and O–H groups in total. The molecule has 51 heavy (non-hydrogen) atoms. The Morgan fingerprint density at radius 3 is 1.76 bits per heavy atom. The second-order valence-corrected chi connectivity index (χ2v) is 15.5. The number of fused-ring (bicyclic) bond motifs is 6. The van der Waals surface area contributed by atoms with E-state index in [0.717, 1.165) is 17.1 Å². The van der Waals surface area contributed by atoms with E-state index in [0.29, 0.717) is 0 Å². The molecule has 2 heteroatoms. The van der Waals surface area contributed by atoms with Gasteiger partial charge in [-0.15, -0.1) is 0 Å². The Kier molecular flexibility index (Phi) is 7.09. The summed E-state index contributed by atoms with van der Waals surface area (Å²) in [7, 11) is 0. The molecule has 8 aromatic rings. The predicted molar refractivity (Wildman–Crippen MR) is 217 cm³/mol. The Hall–Kier alpha value is -5.86. The lowest BCUT2D eigenvalue weighted by molar-refractivity contribution is 0.584. The van der Waals surface area contributed by atoms with Crippen LogP contribution in [0, 0.1) is 0 Å². The highest BCUT2D eigenvalue weighted by molar-refractivity contribution is 6.10. The van der Waals surface area contributed by atoms with Crippen LogP contribution in [0.3, 0.4) is 0 Å². The molecule has 1 aliphatic rings. The van der Waals surface area contributed by atoms with Crippen molar-refractivity contribution in [3.05, 3.63) is 180 Å². The molecule has 0 saturated carbocycles. The highest BCUT2D eigenvalue weighted by Crippen LogP contribution is 2.51. The van der Waals surface area contributed by atoms with Gasteiger partial charge in [0.25, 0.3) is 0 Å². The first-order valence-electron chi connectivity index (χ1n) is 18.0. The maximum Gasteiger partial charge on any atom is 0.0542 e. The lowest BCUT2D eigenvalue weighted by atomic mass is 9.79. The Morgan fingerprint density at radius 2 is 1.04 bits per heavy atom. The molecule has 0 spiro atoms.